The van der Waals surface area contributed by atoms with Gasteiger partial charge in [0.25, 0.3) is 0 Å². The molecule has 0 radical (unpaired) electrons. The van der Waals surface area contributed by atoms with E-state index in [0.717, 1.165) is 0 Å². The predicted octanol–water partition coefficient (Wildman–Crippen LogP) is 3.15. The van der Waals surface area contributed by atoms with E-state index in [0.29, 0.717) is 37.4 Å². The monoisotopic (exact) mass is 364 g/mol. The number of carbonyl (C=O) groups excluding carboxylic acids is 2. The highest BCUT2D eigenvalue weighted by Gasteiger charge is 2.14. The summed E-state index contributed by atoms with van der Waals surface area (Å²) in [6.07, 6.45) is 0.790. The zero-order valence-electron chi connectivity index (χ0n) is 15.9. The van der Waals surface area contributed by atoms with Gasteiger partial charge in [0, 0.05) is 25.9 Å². The number of carboxylic acids is 1. The van der Waals surface area contributed by atoms with Crippen LogP contribution in [0.15, 0.2) is 18.2 Å². The van der Waals surface area contributed by atoms with Crippen molar-refractivity contribution in [1.82, 2.24) is 4.90 Å². The van der Waals surface area contributed by atoms with Gasteiger partial charge in [-0.25, -0.2) is 4.79 Å². The Morgan fingerprint density at radius 2 is 1.81 bits per heavy atom. The third-order valence-corrected chi connectivity index (χ3v) is 3.77. The average Bonchev–Trinajstić information content (AvgIpc) is 2.57. The van der Waals surface area contributed by atoms with Gasteiger partial charge in [-0.05, 0) is 52.3 Å². The SMILES string of the molecule is CCN(CC)C(=O)CCCC(=O)Nc1cc(C(=O)O)ccc1OC(C)C. The number of ether oxygens (including phenoxy) is 1. The van der Waals surface area contributed by atoms with E-state index >= 15 is 0 Å². The van der Waals surface area contributed by atoms with Crippen molar-refractivity contribution in [3.05, 3.63) is 23.8 Å². The van der Waals surface area contributed by atoms with Gasteiger partial charge in [-0.3, -0.25) is 9.59 Å². The van der Waals surface area contributed by atoms with Crippen molar-refractivity contribution in [1.29, 1.82) is 0 Å². The number of nitrogens with zero attached hydrogens (tertiary/aromatic N) is 1. The van der Waals surface area contributed by atoms with Crippen molar-refractivity contribution >= 4 is 23.5 Å². The van der Waals surface area contributed by atoms with Crippen LogP contribution in [0, 0.1) is 0 Å². The molecular weight excluding hydrogens is 336 g/mol. The predicted molar refractivity (Wildman–Crippen MR) is 99.6 cm³/mol. The van der Waals surface area contributed by atoms with Gasteiger partial charge in [-0.2, -0.15) is 0 Å². The van der Waals surface area contributed by atoms with E-state index < -0.39 is 5.97 Å². The summed E-state index contributed by atoms with van der Waals surface area (Å²) in [7, 11) is 0. The van der Waals surface area contributed by atoms with Crippen LogP contribution in [-0.4, -0.2) is 47.0 Å². The fourth-order valence-corrected chi connectivity index (χ4v) is 2.46. The van der Waals surface area contributed by atoms with Gasteiger partial charge in [0.2, 0.25) is 11.8 Å². The number of carboxylic acid groups (broad SMARTS) is 1. The van der Waals surface area contributed by atoms with Crippen molar-refractivity contribution in [3.63, 3.8) is 0 Å². The number of benzene rings is 1. The van der Waals surface area contributed by atoms with Gasteiger partial charge in [-0.1, -0.05) is 0 Å². The molecule has 0 saturated carbocycles. The summed E-state index contributed by atoms with van der Waals surface area (Å²) in [5, 5.41) is 11.8. The lowest BCUT2D eigenvalue weighted by Crippen LogP contribution is -2.30. The van der Waals surface area contributed by atoms with Crippen molar-refractivity contribution in [2.24, 2.45) is 0 Å². The third kappa shape index (κ3) is 6.74. The lowest BCUT2D eigenvalue weighted by atomic mass is 10.1. The maximum atomic E-state index is 12.2. The molecule has 1 aromatic carbocycles. The molecule has 0 aliphatic rings. The standard InChI is InChI=1S/C19H28N2O5/c1-5-21(6-2)18(23)9-7-8-17(22)20-15-12-14(19(24)25)10-11-16(15)26-13(3)4/h10-13H,5-9H2,1-4H3,(H,20,22)(H,24,25). The minimum Gasteiger partial charge on any atom is -0.489 e. The minimum absolute atomic E-state index is 0.0273. The van der Waals surface area contributed by atoms with E-state index in [1.54, 1.807) is 4.90 Å². The van der Waals surface area contributed by atoms with Crippen molar-refractivity contribution in [2.45, 2.75) is 53.1 Å². The number of hydrogen-bond donors (Lipinski definition) is 2. The van der Waals surface area contributed by atoms with Gasteiger partial charge in [0.1, 0.15) is 5.75 Å². The first kappa shape index (κ1) is 21.5. The number of anilines is 1. The fraction of sp³-hybridized carbons (Fsp3) is 0.526. The van der Waals surface area contributed by atoms with Crippen LogP contribution in [0.4, 0.5) is 5.69 Å². The maximum absolute atomic E-state index is 12.2. The van der Waals surface area contributed by atoms with E-state index in [1.165, 1.54) is 18.2 Å². The third-order valence-electron chi connectivity index (χ3n) is 3.77. The van der Waals surface area contributed by atoms with Gasteiger partial charge in [-0.15, -0.1) is 0 Å². The van der Waals surface area contributed by atoms with Gasteiger partial charge >= 0.3 is 5.97 Å². The Bertz CT molecular complexity index is 639. The molecule has 1 rings (SSSR count). The Hall–Kier alpha value is -2.57. The molecule has 26 heavy (non-hydrogen) atoms. The number of carbonyl (C=O) groups is 3. The number of rotatable bonds is 10. The molecule has 1 aromatic rings. The van der Waals surface area contributed by atoms with E-state index in [4.69, 9.17) is 9.84 Å². The summed E-state index contributed by atoms with van der Waals surface area (Å²) in [6.45, 7) is 8.82. The molecule has 7 nitrogen and oxygen atoms in total. The summed E-state index contributed by atoms with van der Waals surface area (Å²) < 4.78 is 5.62. The summed E-state index contributed by atoms with van der Waals surface area (Å²) >= 11 is 0. The Balaban J connectivity index is 2.71. The summed E-state index contributed by atoms with van der Waals surface area (Å²) in [4.78, 5) is 37.0. The van der Waals surface area contributed by atoms with Crippen LogP contribution >= 0.6 is 0 Å². The molecule has 7 heteroatoms. The molecule has 0 unspecified atom stereocenters. The maximum Gasteiger partial charge on any atom is 0.335 e. The van der Waals surface area contributed by atoms with Crippen LogP contribution < -0.4 is 10.1 Å². The molecular formula is C19H28N2O5. The first-order valence-electron chi connectivity index (χ1n) is 8.90. The Kier molecular flexibility index (Phi) is 8.61. The Morgan fingerprint density at radius 3 is 2.35 bits per heavy atom. The number of nitrogens with one attached hydrogen (secondary N) is 1. The van der Waals surface area contributed by atoms with Crippen LogP contribution in [0.2, 0.25) is 0 Å². The van der Waals surface area contributed by atoms with Gasteiger partial charge in [0.15, 0.2) is 0 Å². The lowest BCUT2D eigenvalue weighted by Gasteiger charge is -2.18. The molecule has 0 aromatic heterocycles. The molecule has 0 saturated heterocycles. The van der Waals surface area contributed by atoms with Crippen molar-refractivity contribution < 1.29 is 24.2 Å². The second-order valence-electron chi connectivity index (χ2n) is 6.15. The number of hydrogen-bond acceptors (Lipinski definition) is 4. The van der Waals surface area contributed by atoms with Crippen molar-refractivity contribution in [2.75, 3.05) is 18.4 Å². The number of aromatic carboxylic acids is 1. The van der Waals surface area contributed by atoms with Crippen molar-refractivity contribution in [3.8, 4) is 5.75 Å². The van der Waals surface area contributed by atoms with Gasteiger partial charge < -0.3 is 20.1 Å². The van der Waals surface area contributed by atoms with E-state index in [1.807, 2.05) is 27.7 Å². The summed E-state index contributed by atoms with van der Waals surface area (Å²) in [6, 6.07) is 4.33. The topological polar surface area (TPSA) is 95.9 Å². The summed E-state index contributed by atoms with van der Waals surface area (Å²) in [5.74, 6) is -0.924. The van der Waals surface area contributed by atoms with E-state index in [9.17, 15) is 14.4 Å². The minimum atomic E-state index is -1.08. The average molecular weight is 364 g/mol. The van der Waals surface area contributed by atoms with Crippen LogP contribution in [0.1, 0.15) is 57.3 Å². The fourth-order valence-electron chi connectivity index (χ4n) is 2.46. The number of amides is 2. The first-order valence-corrected chi connectivity index (χ1v) is 8.90. The molecule has 0 aliphatic heterocycles. The molecule has 0 atom stereocenters. The molecule has 0 spiro atoms. The zero-order valence-corrected chi connectivity index (χ0v) is 15.9. The zero-order chi connectivity index (χ0) is 19.7. The highest BCUT2D eigenvalue weighted by Crippen LogP contribution is 2.27. The lowest BCUT2D eigenvalue weighted by molar-refractivity contribution is -0.131. The largest absolute Gasteiger partial charge is 0.489 e. The van der Waals surface area contributed by atoms with Crippen LogP contribution in [-0.2, 0) is 9.59 Å². The van der Waals surface area contributed by atoms with Crippen LogP contribution in [0.3, 0.4) is 0 Å². The normalized spacial score (nSPS) is 10.5. The first-order chi connectivity index (χ1) is 12.3. The quantitative estimate of drug-likeness (QED) is 0.665. The molecule has 2 N–H and O–H groups in total. The van der Waals surface area contributed by atoms with Crippen LogP contribution in [0.25, 0.3) is 0 Å². The van der Waals surface area contributed by atoms with E-state index in [2.05, 4.69) is 5.32 Å². The molecule has 0 fully saturated rings. The Morgan fingerprint density at radius 1 is 1.15 bits per heavy atom. The summed E-state index contributed by atoms with van der Waals surface area (Å²) in [5.41, 5.74) is 0.381. The molecule has 144 valence electrons. The van der Waals surface area contributed by atoms with E-state index in [-0.39, 0.29) is 29.9 Å². The molecule has 0 bridgehead atoms. The smallest absolute Gasteiger partial charge is 0.335 e. The molecule has 0 heterocycles. The molecule has 0 aliphatic carbocycles. The highest BCUT2D eigenvalue weighted by atomic mass is 16.5. The Labute approximate surface area is 154 Å². The van der Waals surface area contributed by atoms with Gasteiger partial charge in [0.05, 0.1) is 17.4 Å². The second kappa shape index (κ2) is 10.4. The molecule has 2 amide bonds. The second-order valence-corrected chi connectivity index (χ2v) is 6.15. The van der Waals surface area contributed by atoms with Crippen LogP contribution in [0.5, 0.6) is 5.75 Å². The highest BCUT2D eigenvalue weighted by molar-refractivity contribution is 5.95.